The zero-order valence-corrected chi connectivity index (χ0v) is 11.7. The number of H-pyrrole nitrogens is 1. The number of esters is 1. The second-order valence-electron chi connectivity index (χ2n) is 4.56. The largest absolute Gasteiger partial charge is 0.493 e. The number of nitrogens with zero attached hydrogens (tertiary/aromatic N) is 1. The van der Waals surface area contributed by atoms with Crippen LogP contribution in [-0.2, 0) is 4.79 Å². The Morgan fingerprint density at radius 3 is 2.67 bits per heavy atom. The highest BCUT2D eigenvalue weighted by Crippen LogP contribution is 2.32. The number of nitrogens with one attached hydrogen (secondary N) is 1. The Balaban J connectivity index is 2.04. The van der Waals surface area contributed by atoms with Crippen LogP contribution in [0.5, 0.6) is 11.5 Å². The van der Waals surface area contributed by atoms with Gasteiger partial charge in [-0.2, -0.15) is 0 Å². The number of ether oxygens (including phenoxy) is 2. The van der Waals surface area contributed by atoms with Crippen LogP contribution in [0, 0.1) is 0 Å². The summed E-state index contributed by atoms with van der Waals surface area (Å²) in [4.78, 5) is 18.8. The van der Waals surface area contributed by atoms with Crippen molar-refractivity contribution in [3.63, 3.8) is 0 Å². The van der Waals surface area contributed by atoms with Gasteiger partial charge in [0.05, 0.1) is 18.1 Å². The summed E-state index contributed by atoms with van der Waals surface area (Å²) < 4.78 is 10.4. The molecule has 0 bridgehead atoms. The molecule has 0 aliphatic heterocycles. The first-order valence-electron chi connectivity index (χ1n) is 6.49. The van der Waals surface area contributed by atoms with Crippen molar-refractivity contribution in [2.75, 3.05) is 7.11 Å². The molecule has 1 aromatic heterocycles. The summed E-state index contributed by atoms with van der Waals surface area (Å²) in [5.41, 5.74) is 2.73. The first-order chi connectivity index (χ1) is 10.2. The Bertz CT molecular complexity index is 775. The number of hydrogen-bond acceptors (Lipinski definition) is 4. The van der Waals surface area contributed by atoms with Crippen molar-refractivity contribution in [1.29, 1.82) is 0 Å². The van der Waals surface area contributed by atoms with E-state index in [0.717, 1.165) is 22.4 Å². The Labute approximate surface area is 121 Å². The molecule has 0 saturated heterocycles. The van der Waals surface area contributed by atoms with E-state index in [1.165, 1.54) is 14.0 Å². The minimum absolute atomic E-state index is 0.384. The predicted molar refractivity (Wildman–Crippen MR) is 79.4 cm³/mol. The summed E-state index contributed by atoms with van der Waals surface area (Å²) in [6, 6.07) is 13.1. The minimum Gasteiger partial charge on any atom is -0.493 e. The lowest BCUT2D eigenvalue weighted by atomic mass is 10.2. The Hall–Kier alpha value is -2.82. The van der Waals surface area contributed by atoms with E-state index in [9.17, 15) is 4.79 Å². The summed E-state index contributed by atoms with van der Waals surface area (Å²) >= 11 is 0. The summed E-state index contributed by atoms with van der Waals surface area (Å²) in [6.45, 7) is 1.35. The molecule has 5 heteroatoms. The van der Waals surface area contributed by atoms with Gasteiger partial charge in [0.2, 0.25) is 0 Å². The number of methoxy groups -OCH3 is 1. The zero-order chi connectivity index (χ0) is 14.8. The van der Waals surface area contributed by atoms with Crippen LogP contribution in [0.25, 0.3) is 22.4 Å². The fourth-order valence-corrected chi connectivity index (χ4v) is 2.14. The first-order valence-corrected chi connectivity index (χ1v) is 6.49. The van der Waals surface area contributed by atoms with Gasteiger partial charge in [-0.1, -0.05) is 12.1 Å². The standard InChI is InChI=1S/C16H14N2O3/c1-10(19)21-14-8-7-11(9-15(14)20-2)16-17-12-5-3-4-6-13(12)18-16/h3-9H,1-2H3,(H,17,18). The SMILES string of the molecule is COc1cc(-c2nc3ccccc3[nH]2)ccc1OC(C)=O. The van der Waals surface area contributed by atoms with Gasteiger partial charge >= 0.3 is 5.97 Å². The Kier molecular flexibility index (Phi) is 3.31. The van der Waals surface area contributed by atoms with Gasteiger partial charge in [0.1, 0.15) is 5.82 Å². The number of aromatic amines is 1. The lowest BCUT2D eigenvalue weighted by Crippen LogP contribution is -2.03. The van der Waals surface area contributed by atoms with E-state index in [1.54, 1.807) is 12.1 Å². The maximum absolute atomic E-state index is 11.1. The topological polar surface area (TPSA) is 64.2 Å². The van der Waals surface area contributed by atoms with Crippen molar-refractivity contribution < 1.29 is 14.3 Å². The summed E-state index contributed by atoms with van der Waals surface area (Å²) in [5, 5.41) is 0. The summed E-state index contributed by atoms with van der Waals surface area (Å²) in [7, 11) is 1.53. The highest BCUT2D eigenvalue weighted by molar-refractivity contribution is 5.80. The molecule has 3 aromatic rings. The molecule has 0 aliphatic carbocycles. The normalized spacial score (nSPS) is 10.6. The summed E-state index contributed by atoms with van der Waals surface area (Å²) in [5.74, 6) is 1.24. The molecule has 0 unspecified atom stereocenters. The second-order valence-corrected chi connectivity index (χ2v) is 4.56. The van der Waals surface area contributed by atoms with Crippen LogP contribution in [0.2, 0.25) is 0 Å². The van der Waals surface area contributed by atoms with E-state index in [0.29, 0.717) is 11.5 Å². The predicted octanol–water partition coefficient (Wildman–Crippen LogP) is 3.16. The van der Waals surface area contributed by atoms with Gasteiger partial charge in [-0.15, -0.1) is 0 Å². The van der Waals surface area contributed by atoms with Crippen LogP contribution < -0.4 is 9.47 Å². The van der Waals surface area contributed by atoms with Gasteiger partial charge in [-0.3, -0.25) is 4.79 Å². The average molecular weight is 282 g/mol. The number of benzene rings is 2. The number of rotatable bonds is 3. The molecule has 0 fully saturated rings. The lowest BCUT2D eigenvalue weighted by molar-refractivity contribution is -0.132. The fraction of sp³-hybridized carbons (Fsp3) is 0.125. The third-order valence-electron chi connectivity index (χ3n) is 3.08. The third-order valence-corrected chi connectivity index (χ3v) is 3.08. The van der Waals surface area contributed by atoms with Crippen molar-refractivity contribution in [1.82, 2.24) is 9.97 Å². The molecule has 0 atom stereocenters. The first kappa shape index (κ1) is 13.2. The molecule has 1 heterocycles. The van der Waals surface area contributed by atoms with Crippen LogP contribution in [0.1, 0.15) is 6.92 Å². The van der Waals surface area contributed by atoms with Crippen LogP contribution >= 0.6 is 0 Å². The molecule has 0 spiro atoms. The van der Waals surface area contributed by atoms with Crippen molar-refractivity contribution in [3.05, 3.63) is 42.5 Å². The molecule has 0 radical (unpaired) electrons. The number of carbonyl (C=O) groups is 1. The van der Waals surface area contributed by atoms with E-state index in [2.05, 4.69) is 9.97 Å². The second kappa shape index (κ2) is 5.28. The van der Waals surface area contributed by atoms with Crippen LogP contribution in [0.3, 0.4) is 0 Å². The molecule has 0 saturated carbocycles. The number of aromatic nitrogens is 2. The molecular weight excluding hydrogens is 268 g/mol. The van der Waals surface area contributed by atoms with Crippen molar-refractivity contribution in [2.45, 2.75) is 6.92 Å². The molecule has 5 nitrogen and oxygen atoms in total. The Morgan fingerprint density at radius 2 is 1.95 bits per heavy atom. The minimum atomic E-state index is -0.384. The van der Waals surface area contributed by atoms with E-state index < -0.39 is 0 Å². The highest BCUT2D eigenvalue weighted by atomic mass is 16.6. The monoisotopic (exact) mass is 282 g/mol. The third kappa shape index (κ3) is 2.58. The smallest absolute Gasteiger partial charge is 0.308 e. The van der Waals surface area contributed by atoms with Gasteiger partial charge in [0.25, 0.3) is 0 Å². The van der Waals surface area contributed by atoms with Gasteiger partial charge < -0.3 is 14.5 Å². The zero-order valence-electron chi connectivity index (χ0n) is 11.7. The van der Waals surface area contributed by atoms with E-state index in [-0.39, 0.29) is 5.97 Å². The molecule has 3 rings (SSSR count). The van der Waals surface area contributed by atoms with Crippen LogP contribution in [-0.4, -0.2) is 23.0 Å². The quantitative estimate of drug-likeness (QED) is 0.592. The molecule has 0 aliphatic rings. The molecule has 106 valence electrons. The molecule has 0 amide bonds. The van der Waals surface area contributed by atoms with Crippen molar-refractivity contribution in [3.8, 4) is 22.9 Å². The van der Waals surface area contributed by atoms with Crippen molar-refractivity contribution >= 4 is 17.0 Å². The van der Waals surface area contributed by atoms with Gasteiger partial charge in [0.15, 0.2) is 11.5 Å². The van der Waals surface area contributed by atoms with Crippen molar-refractivity contribution in [2.24, 2.45) is 0 Å². The van der Waals surface area contributed by atoms with Gasteiger partial charge in [-0.05, 0) is 30.3 Å². The Morgan fingerprint density at radius 1 is 1.14 bits per heavy atom. The number of imidazole rings is 1. The molecule has 2 aromatic carbocycles. The van der Waals surface area contributed by atoms with E-state index in [4.69, 9.17) is 9.47 Å². The number of carbonyl (C=O) groups excluding carboxylic acids is 1. The lowest BCUT2D eigenvalue weighted by Gasteiger charge is -2.08. The van der Waals surface area contributed by atoms with Gasteiger partial charge in [-0.25, -0.2) is 4.98 Å². The fourth-order valence-electron chi connectivity index (χ4n) is 2.14. The van der Waals surface area contributed by atoms with Gasteiger partial charge in [0, 0.05) is 12.5 Å². The molecule has 21 heavy (non-hydrogen) atoms. The number of para-hydroxylation sites is 2. The molecule has 1 N–H and O–H groups in total. The maximum atomic E-state index is 11.1. The maximum Gasteiger partial charge on any atom is 0.308 e. The number of fused-ring (bicyclic) bond motifs is 1. The van der Waals surface area contributed by atoms with E-state index >= 15 is 0 Å². The number of hydrogen-bond donors (Lipinski definition) is 1. The summed E-state index contributed by atoms with van der Waals surface area (Å²) in [6.07, 6.45) is 0. The highest BCUT2D eigenvalue weighted by Gasteiger charge is 2.11. The van der Waals surface area contributed by atoms with E-state index in [1.807, 2.05) is 30.3 Å². The van der Waals surface area contributed by atoms with Crippen LogP contribution in [0.4, 0.5) is 0 Å². The van der Waals surface area contributed by atoms with Crippen LogP contribution in [0.15, 0.2) is 42.5 Å². The molecular formula is C16H14N2O3. The average Bonchev–Trinajstić information content (AvgIpc) is 2.91.